The lowest BCUT2D eigenvalue weighted by atomic mass is 10.1. The number of carbonyl (C=O) groups is 3. The molecule has 20 heavy (non-hydrogen) atoms. The molecule has 3 amide bonds. The summed E-state index contributed by atoms with van der Waals surface area (Å²) in [5, 5.41) is 3.07. The zero-order chi connectivity index (χ0) is 14.9. The molecule has 0 unspecified atom stereocenters. The van der Waals surface area contributed by atoms with Gasteiger partial charge in [-0.25, -0.2) is 4.90 Å². The summed E-state index contributed by atoms with van der Waals surface area (Å²) in [5.74, 6) is -1.73. The molecule has 0 saturated carbocycles. The van der Waals surface area contributed by atoms with Crippen LogP contribution in [0.2, 0.25) is 0 Å². The van der Waals surface area contributed by atoms with Gasteiger partial charge in [0.2, 0.25) is 5.91 Å². The number of rotatable bonds is 4. The van der Waals surface area contributed by atoms with Gasteiger partial charge in [0.05, 0.1) is 11.1 Å². The first-order valence-electron chi connectivity index (χ1n) is 6.47. The molecule has 2 rings (SSSR count). The second kappa shape index (κ2) is 5.42. The van der Waals surface area contributed by atoms with E-state index >= 15 is 0 Å². The highest BCUT2D eigenvalue weighted by Crippen LogP contribution is 2.27. The molecule has 0 radical (unpaired) electrons. The van der Waals surface area contributed by atoms with Crippen LogP contribution in [0, 0.1) is 0 Å². The van der Waals surface area contributed by atoms with Crippen LogP contribution >= 0.6 is 0 Å². The number of nitrogens with zero attached hydrogens (tertiary/aromatic N) is 1. The van der Waals surface area contributed by atoms with Gasteiger partial charge in [0, 0.05) is 24.7 Å². The molecule has 1 aliphatic rings. The highest BCUT2D eigenvalue weighted by atomic mass is 16.2. The van der Waals surface area contributed by atoms with Gasteiger partial charge in [-0.3, -0.25) is 14.4 Å². The first-order chi connectivity index (χ1) is 9.43. The molecule has 6 heteroatoms. The van der Waals surface area contributed by atoms with E-state index in [9.17, 15) is 14.4 Å². The number of imide groups is 3. The minimum absolute atomic E-state index is 0.0869. The third-order valence-corrected chi connectivity index (χ3v) is 3.09. The molecule has 1 aliphatic heterocycles. The van der Waals surface area contributed by atoms with Crippen LogP contribution in [-0.4, -0.2) is 35.2 Å². The van der Waals surface area contributed by atoms with Crippen molar-refractivity contribution < 1.29 is 14.4 Å². The van der Waals surface area contributed by atoms with Crippen LogP contribution in [-0.2, 0) is 4.79 Å². The Morgan fingerprint density at radius 2 is 2.00 bits per heavy atom. The number of nitrogens with one attached hydrogen (secondary N) is 1. The maximum Gasteiger partial charge on any atom is 0.270 e. The average molecular weight is 275 g/mol. The van der Waals surface area contributed by atoms with Crippen LogP contribution in [0.25, 0.3) is 0 Å². The highest BCUT2D eigenvalue weighted by molar-refractivity contribution is 6.30. The molecule has 0 atom stereocenters. The van der Waals surface area contributed by atoms with Crippen LogP contribution < -0.4 is 11.1 Å². The number of fused-ring (bicyclic) bond motifs is 1. The smallest absolute Gasteiger partial charge is 0.270 e. The number of carbonyl (C=O) groups excluding carboxylic acids is 3. The lowest BCUT2D eigenvalue weighted by Gasteiger charge is -2.13. The first kappa shape index (κ1) is 14.2. The third-order valence-electron chi connectivity index (χ3n) is 3.09. The van der Waals surface area contributed by atoms with E-state index in [-0.39, 0.29) is 29.3 Å². The van der Waals surface area contributed by atoms with E-state index in [1.165, 1.54) is 12.1 Å². The Balaban J connectivity index is 2.16. The highest BCUT2D eigenvalue weighted by Gasteiger charge is 2.40. The molecular formula is C14H17N3O3. The summed E-state index contributed by atoms with van der Waals surface area (Å²) in [5.41, 5.74) is 6.24. The normalized spacial score (nSPS) is 14.1. The fourth-order valence-electron chi connectivity index (χ4n) is 2.12. The van der Waals surface area contributed by atoms with E-state index in [2.05, 4.69) is 5.32 Å². The van der Waals surface area contributed by atoms with Crippen molar-refractivity contribution in [1.82, 2.24) is 10.2 Å². The van der Waals surface area contributed by atoms with E-state index in [1.54, 1.807) is 6.07 Å². The molecule has 1 heterocycles. The Morgan fingerprint density at radius 1 is 1.30 bits per heavy atom. The van der Waals surface area contributed by atoms with Crippen LogP contribution in [0.4, 0.5) is 5.69 Å². The van der Waals surface area contributed by atoms with Gasteiger partial charge >= 0.3 is 0 Å². The summed E-state index contributed by atoms with van der Waals surface area (Å²) in [6.45, 7) is 4.32. The molecule has 0 bridgehead atoms. The summed E-state index contributed by atoms with van der Waals surface area (Å²) in [6.07, 6.45) is 0.0869. The lowest BCUT2D eigenvalue weighted by Crippen LogP contribution is -2.38. The number of benzene rings is 1. The molecule has 0 fully saturated rings. The summed E-state index contributed by atoms with van der Waals surface area (Å²) in [7, 11) is 0. The number of nitrogen functional groups attached to an aromatic ring is 1. The molecular weight excluding hydrogens is 258 g/mol. The third kappa shape index (κ3) is 2.42. The van der Waals surface area contributed by atoms with Crippen LogP contribution in [0.1, 0.15) is 41.0 Å². The van der Waals surface area contributed by atoms with Crippen molar-refractivity contribution in [3.63, 3.8) is 0 Å². The SMILES string of the molecule is CC(C)NCCC(=O)N1C(=O)c2cccc(N)c2C1=O. The molecule has 0 saturated heterocycles. The van der Waals surface area contributed by atoms with E-state index in [1.807, 2.05) is 13.8 Å². The topological polar surface area (TPSA) is 92.5 Å². The van der Waals surface area contributed by atoms with E-state index in [0.717, 1.165) is 0 Å². The Kier molecular flexibility index (Phi) is 3.85. The number of amides is 3. The molecule has 3 N–H and O–H groups in total. The Hall–Kier alpha value is -2.21. The van der Waals surface area contributed by atoms with Gasteiger partial charge in [-0.15, -0.1) is 0 Å². The van der Waals surface area contributed by atoms with Gasteiger partial charge in [0.1, 0.15) is 0 Å². The van der Waals surface area contributed by atoms with Crippen molar-refractivity contribution in [3.8, 4) is 0 Å². The Bertz CT molecular complexity index is 581. The van der Waals surface area contributed by atoms with E-state index in [0.29, 0.717) is 11.4 Å². The van der Waals surface area contributed by atoms with Gasteiger partial charge in [0.15, 0.2) is 0 Å². The number of hydrogen-bond donors (Lipinski definition) is 2. The fourth-order valence-corrected chi connectivity index (χ4v) is 2.12. The first-order valence-corrected chi connectivity index (χ1v) is 6.47. The average Bonchev–Trinajstić information content (AvgIpc) is 2.62. The van der Waals surface area contributed by atoms with Crippen molar-refractivity contribution in [1.29, 1.82) is 0 Å². The van der Waals surface area contributed by atoms with Crippen molar-refractivity contribution >= 4 is 23.4 Å². The van der Waals surface area contributed by atoms with Crippen molar-refractivity contribution in [2.45, 2.75) is 26.3 Å². The minimum Gasteiger partial charge on any atom is -0.398 e. The quantitative estimate of drug-likeness (QED) is 0.625. The predicted octanol–water partition coefficient (Wildman–Crippen LogP) is 0.779. The number of anilines is 1. The van der Waals surface area contributed by atoms with Gasteiger partial charge in [-0.05, 0) is 12.1 Å². The number of hydrogen-bond acceptors (Lipinski definition) is 5. The van der Waals surface area contributed by atoms with Crippen LogP contribution in [0.3, 0.4) is 0 Å². The second-order valence-electron chi connectivity index (χ2n) is 4.97. The molecule has 6 nitrogen and oxygen atoms in total. The standard InChI is InChI=1S/C14H17N3O3/c1-8(2)16-7-6-11(18)17-13(19)9-4-3-5-10(15)12(9)14(17)20/h3-5,8,16H,6-7,15H2,1-2H3. The summed E-state index contributed by atoms with van der Waals surface area (Å²) < 4.78 is 0. The maximum atomic E-state index is 12.2. The van der Waals surface area contributed by atoms with Crippen LogP contribution in [0.15, 0.2) is 18.2 Å². The minimum atomic E-state index is -0.627. The summed E-state index contributed by atoms with van der Waals surface area (Å²) in [6, 6.07) is 4.87. The molecule has 0 spiro atoms. The lowest BCUT2D eigenvalue weighted by molar-refractivity contribution is -0.126. The Morgan fingerprint density at radius 3 is 2.60 bits per heavy atom. The van der Waals surface area contributed by atoms with Crippen LogP contribution in [0.5, 0.6) is 0 Å². The molecule has 1 aromatic carbocycles. The largest absolute Gasteiger partial charge is 0.398 e. The number of nitrogens with two attached hydrogens (primary N) is 1. The fraction of sp³-hybridized carbons (Fsp3) is 0.357. The molecule has 106 valence electrons. The van der Waals surface area contributed by atoms with Gasteiger partial charge in [-0.1, -0.05) is 19.9 Å². The predicted molar refractivity (Wildman–Crippen MR) is 74.1 cm³/mol. The van der Waals surface area contributed by atoms with Crippen molar-refractivity contribution in [2.75, 3.05) is 12.3 Å². The van der Waals surface area contributed by atoms with E-state index < -0.39 is 17.7 Å². The second-order valence-corrected chi connectivity index (χ2v) is 4.97. The van der Waals surface area contributed by atoms with Gasteiger partial charge in [-0.2, -0.15) is 0 Å². The van der Waals surface area contributed by atoms with Gasteiger partial charge in [0.25, 0.3) is 11.8 Å². The monoisotopic (exact) mass is 275 g/mol. The maximum absolute atomic E-state index is 12.2. The van der Waals surface area contributed by atoms with Gasteiger partial charge < -0.3 is 11.1 Å². The van der Waals surface area contributed by atoms with E-state index in [4.69, 9.17) is 5.73 Å². The summed E-state index contributed by atoms with van der Waals surface area (Å²) in [4.78, 5) is 37.0. The van der Waals surface area contributed by atoms with Crippen molar-refractivity contribution in [2.24, 2.45) is 0 Å². The molecule has 0 aliphatic carbocycles. The summed E-state index contributed by atoms with van der Waals surface area (Å²) >= 11 is 0. The molecule has 1 aromatic rings. The molecule has 0 aromatic heterocycles. The zero-order valence-electron chi connectivity index (χ0n) is 11.5. The zero-order valence-corrected chi connectivity index (χ0v) is 11.5. The van der Waals surface area contributed by atoms with Crippen molar-refractivity contribution in [3.05, 3.63) is 29.3 Å². The Labute approximate surface area is 116 Å².